The van der Waals surface area contributed by atoms with Crippen molar-refractivity contribution in [3.05, 3.63) is 0 Å². The van der Waals surface area contributed by atoms with Gasteiger partial charge in [-0.25, -0.2) is 0 Å². The topological polar surface area (TPSA) is 54.4 Å². The molecule has 1 aliphatic carbocycles. The summed E-state index contributed by atoms with van der Waals surface area (Å²) >= 11 is 1.92. The zero-order chi connectivity index (χ0) is 17.0. The van der Waals surface area contributed by atoms with Crippen LogP contribution in [-0.2, 0) is 9.59 Å². The van der Waals surface area contributed by atoms with Gasteiger partial charge in [-0.3, -0.25) is 9.59 Å². The number of Topliss-reactive ketones (excluding diaryl/α,β-unsaturated/α-hetero) is 1. The molecule has 4 heteroatoms. The Bertz CT molecular complexity index is 357. The highest BCUT2D eigenvalue weighted by molar-refractivity contribution is 8.01. The lowest BCUT2D eigenvalue weighted by Gasteiger charge is -2.27. The summed E-state index contributed by atoms with van der Waals surface area (Å²) in [5.74, 6) is 0.890. The summed E-state index contributed by atoms with van der Waals surface area (Å²) in [5.41, 5.74) is 0. The summed E-state index contributed by atoms with van der Waals surface area (Å²) in [6.45, 7) is 2.23. The van der Waals surface area contributed by atoms with Crippen molar-refractivity contribution in [3.8, 4) is 0 Å². The molecule has 1 N–H and O–H groups in total. The lowest BCUT2D eigenvalue weighted by atomic mass is 9.97. The van der Waals surface area contributed by atoms with E-state index >= 15 is 0 Å². The van der Waals surface area contributed by atoms with E-state index in [1.54, 1.807) is 0 Å². The number of rotatable bonds is 14. The summed E-state index contributed by atoms with van der Waals surface area (Å²) in [5, 5.41) is 8.64. The van der Waals surface area contributed by atoms with E-state index in [1.807, 2.05) is 11.8 Å². The van der Waals surface area contributed by atoms with Crippen molar-refractivity contribution in [1.29, 1.82) is 0 Å². The highest BCUT2D eigenvalue weighted by Crippen LogP contribution is 2.43. The van der Waals surface area contributed by atoms with Crippen LogP contribution in [0.15, 0.2) is 0 Å². The first kappa shape index (κ1) is 20.5. The van der Waals surface area contributed by atoms with Crippen molar-refractivity contribution >= 4 is 23.5 Å². The van der Waals surface area contributed by atoms with Gasteiger partial charge in [-0.15, -0.1) is 11.8 Å². The van der Waals surface area contributed by atoms with Crippen LogP contribution in [0, 0.1) is 0 Å². The van der Waals surface area contributed by atoms with Gasteiger partial charge in [-0.1, -0.05) is 51.9 Å². The number of carbonyl (C=O) groups is 2. The molecule has 0 spiro atoms. The predicted molar refractivity (Wildman–Crippen MR) is 98.1 cm³/mol. The molecule has 0 heterocycles. The van der Waals surface area contributed by atoms with Crippen LogP contribution >= 0.6 is 11.8 Å². The fraction of sp³-hybridized carbons (Fsp3) is 0.895. The molecule has 1 atom stereocenters. The van der Waals surface area contributed by atoms with Gasteiger partial charge in [-0.2, -0.15) is 0 Å². The number of thioether (sulfide) groups is 1. The van der Waals surface area contributed by atoms with Crippen LogP contribution in [0.4, 0.5) is 0 Å². The van der Waals surface area contributed by atoms with Crippen LogP contribution in [0.3, 0.4) is 0 Å². The van der Waals surface area contributed by atoms with Crippen molar-refractivity contribution in [2.24, 2.45) is 0 Å². The number of carboxylic acids is 1. The molecule has 1 unspecified atom stereocenters. The average Bonchev–Trinajstić information content (AvgIpc) is 2.87. The first-order chi connectivity index (χ1) is 11.1. The maximum atomic E-state index is 12.4. The summed E-state index contributed by atoms with van der Waals surface area (Å²) in [7, 11) is 0. The summed E-state index contributed by atoms with van der Waals surface area (Å²) in [4.78, 5) is 22.9. The van der Waals surface area contributed by atoms with E-state index in [4.69, 9.17) is 5.11 Å². The Balaban J connectivity index is 2.23. The van der Waals surface area contributed by atoms with Gasteiger partial charge in [0.1, 0.15) is 5.78 Å². The standard InChI is InChI=1S/C19H34O3S/c1-2-3-4-7-10-16-23-19(15-11-12-17(19)20)14-9-6-5-8-13-18(21)22/h2-16H2,1H3,(H,21,22). The normalized spacial score (nSPS) is 21.0. The third-order valence-electron chi connectivity index (χ3n) is 4.84. The molecule has 23 heavy (non-hydrogen) atoms. The quantitative estimate of drug-likeness (QED) is 0.417. The Morgan fingerprint density at radius 3 is 2.43 bits per heavy atom. The number of ketones is 1. The van der Waals surface area contributed by atoms with E-state index in [0.717, 1.165) is 57.1 Å². The van der Waals surface area contributed by atoms with Gasteiger partial charge >= 0.3 is 5.97 Å². The minimum Gasteiger partial charge on any atom is -0.481 e. The van der Waals surface area contributed by atoms with Gasteiger partial charge in [0.25, 0.3) is 0 Å². The number of carboxylic acid groups (broad SMARTS) is 1. The summed E-state index contributed by atoms with van der Waals surface area (Å²) in [6.07, 6.45) is 14.5. The van der Waals surface area contributed by atoms with Crippen LogP contribution in [-0.4, -0.2) is 27.4 Å². The smallest absolute Gasteiger partial charge is 0.303 e. The average molecular weight is 343 g/mol. The van der Waals surface area contributed by atoms with E-state index in [0.29, 0.717) is 5.78 Å². The number of hydrogen-bond donors (Lipinski definition) is 1. The van der Waals surface area contributed by atoms with Gasteiger partial charge in [0.05, 0.1) is 4.75 Å². The molecule has 0 amide bonds. The van der Waals surface area contributed by atoms with Gasteiger partial charge in [0.2, 0.25) is 0 Å². The molecule has 0 aromatic carbocycles. The second-order valence-corrected chi connectivity index (χ2v) is 8.32. The molecule has 1 fully saturated rings. The van der Waals surface area contributed by atoms with Gasteiger partial charge in [0, 0.05) is 12.8 Å². The van der Waals surface area contributed by atoms with Crippen LogP contribution in [0.5, 0.6) is 0 Å². The monoisotopic (exact) mass is 342 g/mol. The molecular formula is C19H34O3S. The number of aliphatic carboxylic acids is 1. The second kappa shape index (κ2) is 11.9. The zero-order valence-electron chi connectivity index (χ0n) is 14.8. The second-order valence-electron chi connectivity index (χ2n) is 6.84. The fourth-order valence-electron chi connectivity index (χ4n) is 3.40. The minimum atomic E-state index is -0.703. The van der Waals surface area contributed by atoms with E-state index in [-0.39, 0.29) is 11.2 Å². The van der Waals surface area contributed by atoms with E-state index in [9.17, 15) is 9.59 Å². The molecule has 0 aromatic heterocycles. The third-order valence-corrected chi connectivity index (χ3v) is 6.52. The van der Waals surface area contributed by atoms with Crippen LogP contribution in [0.1, 0.15) is 96.8 Å². The molecule has 0 bridgehead atoms. The van der Waals surface area contributed by atoms with Crippen molar-refractivity contribution < 1.29 is 14.7 Å². The van der Waals surface area contributed by atoms with Crippen molar-refractivity contribution in [1.82, 2.24) is 0 Å². The van der Waals surface area contributed by atoms with Crippen molar-refractivity contribution in [3.63, 3.8) is 0 Å². The number of carbonyl (C=O) groups excluding carboxylic acids is 1. The SMILES string of the molecule is CCCCCCCSC1(CCCCCCC(=O)O)CCCC1=O. The van der Waals surface area contributed by atoms with Crippen LogP contribution < -0.4 is 0 Å². The van der Waals surface area contributed by atoms with Crippen LogP contribution in [0.2, 0.25) is 0 Å². The largest absolute Gasteiger partial charge is 0.481 e. The molecule has 0 radical (unpaired) electrons. The zero-order valence-corrected chi connectivity index (χ0v) is 15.6. The van der Waals surface area contributed by atoms with Gasteiger partial charge in [0.15, 0.2) is 0 Å². The Kier molecular flexibility index (Phi) is 10.7. The highest BCUT2D eigenvalue weighted by Gasteiger charge is 2.41. The van der Waals surface area contributed by atoms with Crippen LogP contribution in [0.25, 0.3) is 0 Å². The maximum absolute atomic E-state index is 12.4. The molecule has 3 nitrogen and oxygen atoms in total. The summed E-state index contributed by atoms with van der Waals surface area (Å²) < 4.78 is -0.0996. The molecule has 0 aromatic rings. The first-order valence-electron chi connectivity index (χ1n) is 9.50. The minimum absolute atomic E-state index is 0.0996. The Morgan fingerprint density at radius 1 is 1.09 bits per heavy atom. The molecule has 134 valence electrons. The Morgan fingerprint density at radius 2 is 1.78 bits per heavy atom. The Hall–Kier alpha value is -0.510. The van der Waals surface area contributed by atoms with E-state index in [1.165, 1.54) is 32.1 Å². The maximum Gasteiger partial charge on any atom is 0.303 e. The molecule has 0 saturated heterocycles. The molecular weight excluding hydrogens is 308 g/mol. The molecule has 1 saturated carbocycles. The highest BCUT2D eigenvalue weighted by atomic mass is 32.2. The predicted octanol–water partition coefficient (Wildman–Crippen LogP) is 5.61. The fourth-order valence-corrected chi connectivity index (χ4v) is 4.98. The molecule has 1 rings (SSSR count). The third kappa shape index (κ3) is 8.23. The Labute approximate surface area is 146 Å². The van der Waals surface area contributed by atoms with Gasteiger partial charge < -0.3 is 5.11 Å². The lowest BCUT2D eigenvalue weighted by molar-refractivity contribution is -0.137. The van der Waals surface area contributed by atoms with Crippen molar-refractivity contribution in [2.75, 3.05) is 5.75 Å². The number of hydrogen-bond acceptors (Lipinski definition) is 3. The lowest BCUT2D eigenvalue weighted by Crippen LogP contribution is -2.30. The summed E-state index contributed by atoms with van der Waals surface area (Å²) in [6, 6.07) is 0. The molecule has 1 aliphatic rings. The first-order valence-corrected chi connectivity index (χ1v) is 10.5. The van der Waals surface area contributed by atoms with E-state index < -0.39 is 5.97 Å². The number of unbranched alkanes of at least 4 members (excludes halogenated alkanes) is 7. The van der Waals surface area contributed by atoms with Gasteiger partial charge in [-0.05, 0) is 37.9 Å². The molecule has 0 aliphatic heterocycles. The van der Waals surface area contributed by atoms with E-state index in [2.05, 4.69) is 6.92 Å². The van der Waals surface area contributed by atoms with Crippen molar-refractivity contribution in [2.45, 2.75) is 102 Å².